The van der Waals surface area contributed by atoms with Crippen molar-refractivity contribution in [3.8, 4) is 0 Å². The normalized spacial score (nSPS) is 14.8. The van der Waals surface area contributed by atoms with Gasteiger partial charge in [-0.1, -0.05) is 85.0 Å². The first kappa shape index (κ1) is 15.2. The average Bonchev–Trinajstić information content (AvgIpc) is 2.14. The van der Waals surface area contributed by atoms with Crippen LogP contribution in [0, 0.1) is 0 Å². The number of halogens is 1. The third-order valence-corrected chi connectivity index (χ3v) is 10.7. The van der Waals surface area contributed by atoms with Crippen LogP contribution in [-0.2, 0) is 6.04 Å². The maximum absolute atomic E-state index is 3.86. The SMILES string of the molecule is C[Si](C)(C)Cc1ccc(C(Br)[Si](C)(C)C)cc1. The first-order valence-electron chi connectivity index (χ1n) is 6.32. The smallest absolute Gasteiger partial charge is 0.0651 e. The minimum absolute atomic E-state index is 0.566. The predicted octanol–water partition coefficient (Wildman–Crippen LogP) is 5.42. The van der Waals surface area contributed by atoms with E-state index in [0.29, 0.717) is 4.45 Å². The Kier molecular flexibility index (Phi) is 4.83. The topological polar surface area (TPSA) is 0 Å². The summed E-state index contributed by atoms with van der Waals surface area (Å²) < 4.78 is 0.566. The molecule has 1 aromatic rings. The molecule has 96 valence electrons. The van der Waals surface area contributed by atoms with Gasteiger partial charge >= 0.3 is 0 Å². The Hall–Kier alpha value is 0.134. The van der Waals surface area contributed by atoms with E-state index in [-0.39, 0.29) is 0 Å². The fraction of sp³-hybridized carbons (Fsp3) is 0.571. The van der Waals surface area contributed by atoms with Crippen LogP contribution >= 0.6 is 15.9 Å². The van der Waals surface area contributed by atoms with Crippen LogP contribution in [0.15, 0.2) is 24.3 Å². The first-order chi connectivity index (χ1) is 7.59. The molecule has 0 heterocycles. The van der Waals surface area contributed by atoms with Gasteiger partial charge in [-0.25, -0.2) is 0 Å². The van der Waals surface area contributed by atoms with Crippen LogP contribution in [0.3, 0.4) is 0 Å². The minimum Gasteiger partial charge on any atom is -0.0875 e. The summed E-state index contributed by atoms with van der Waals surface area (Å²) in [6, 6.07) is 10.6. The standard InChI is InChI=1S/C14H25BrSi2/c1-16(2,3)11-12-7-9-13(10-8-12)14(15)17(4,5)6/h7-10,14H,11H2,1-6H3. The molecule has 1 unspecified atom stereocenters. The van der Waals surface area contributed by atoms with Gasteiger partial charge in [0.05, 0.1) is 8.07 Å². The molecule has 0 radical (unpaired) electrons. The summed E-state index contributed by atoms with van der Waals surface area (Å²) >= 11 is 3.86. The van der Waals surface area contributed by atoms with Gasteiger partial charge in [0.2, 0.25) is 0 Å². The number of alkyl halides is 1. The van der Waals surface area contributed by atoms with E-state index in [1.165, 1.54) is 17.2 Å². The number of hydrogen-bond acceptors (Lipinski definition) is 0. The Morgan fingerprint density at radius 2 is 1.41 bits per heavy atom. The molecule has 0 aliphatic carbocycles. The zero-order chi connectivity index (χ0) is 13.3. The average molecular weight is 329 g/mol. The molecular formula is C14H25BrSi2. The highest BCUT2D eigenvalue weighted by molar-refractivity contribution is 9.09. The zero-order valence-electron chi connectivity index (χ0n) is 12.0. The summed E-state index contributed by atoms with van der Waals surface area (Å²) in [7, 11) is -2.12. The maximum Gasteiger partial charge on any atom is 0.0651 e. The van der Waals surface area contributed by atoms with Crippen molar-refractivity contribution in [2.24, 2.45) is 0 Å². The molecule has 0 nitrogen and oxygen atoms in total. The molecular weight excluding hydrogens is 304 g/mol. The van der Waals surface area contributed by atoms with Crippen molar-refractivity contribution >= 4 is 32.1 Å². The van der Waals surface area contributed by atoms with Gasteiger partial charge in [-0.05, 0) is 11.6 Å². The highest BCUT2D eigenvalue weighted by Gasteiger charge is 2.25. The molecule has 3 heteroatoms. The monoisotopic (exact) mass is 328 g/mol. The molecule has 17 heavy (non-hydrogen) atoms. The lowest BCUT2D eigenvalue weighted by Gasteiger charge is -2.24. The zero-order valence-corrected chi connectivity index (χ0v) is 15.6. The van der Waals surface area contributed by atoms with Crippen LogP contribution in [0.2, 0.25) is 39.3 Å². The van der Waals surface area contributed by atoms with E-state index in [0.717, 1.165) is 0 Å². The fourth-order valence-electron chi connectivity index (χ4n) is 1.92. The number of rotatable bonds is 4. The highest BCUT2D eigenvalue weighted by atomic mass is 79.9. The number of benzene rings is 1. The van der Waals surface area contributed by atoms with Crippen molar-refractivity contribution in [2.45, 2.75) is 49.8 Å². The highest BCUT2D eigenvalue weighted by Crippen LogP contribution is 2.32. The van der Waals surface area contributed by atoms with Crippen molar-refractivity contribution < 1.29 is 0 Å². The molecule has 0 amide bonds. The minimum atomic E-state index is -1.14. The number of hydrogen-bond donors (Lipinski definition) is 0. The molecule has 0 fully saturated rings. The summed E-state index contributed by atoms with van der Waals surface area (Å²) in [5, 5.41) is 0. The van der Waals surface area contributed by atoms with Gasteiger partial charge < -0.3 is 0 Å². The Morgan fingerprint density at radius 3 is 1.76 bits per heavy atom. The molecule has 0 aliphatic heterocycles. The summed E-state index contributed by atoms with van der Waals surface area (Å²) in [5.41, 5.74) is 2.95. The lowest BCUT2D eigenvalue weighted by atomic mass is 10.2. The molecule has 0 saturated heterocycles. The molecule has 0 aliphatic rings. The lowest BCUT2D eigenvalue weighted by Crippen LogP contribution is -2.27. The van der Waals surface area contributed by atoms with Crippen molar-refractivity contribution in [3.05, 3.63) is 35.4 Å². The second-order valence-corrected chi connectivity index (χ2v) is 19.8. The molecule has 0 spiro atoms. The fourth-order valence-corrected chi connectivity index (χ4v) is 4.87. The Bertz CT molecular complexity index is 357. The van der Waals surface area contributed by atoms with E-state index >= 15 is 0 Å². The van der Waals surface area contributed by atoms with Crippen LogP contribution in [0.1, 0.15) is 15.6 Å². The van der Waals surface area contributed by atoms with E-state index in [9.17, 15) is 0 Å². The molecule has 0 N–H and O–H groups in total. The van der Waals surface area contributed by atoms with Crippen LogP contribution in [0.5, 0.6) is 0 Å². The quantitative estimate of drug-likeness (QED) is 0.511. The largest absolute Gasteiger partial charge is 0.0875 e. The van der Waals surface area contributed by atoms with E-state index < -0.39 is 16.1 Å². The summed E-state index contributed by atoms with van der Waals surface area (Å²) in [6.07, 6.45) is 0. The molecule has 1 atom stereocenters. The van der Waals surface area contributed by atoms with Crippen LogP contribution < -0.4 is 0 Å². The third kappa shape index (κ3) is 5.10. The molecule has 0 saturated carbocycles. The second kappa shape index (κ2) is 5.41. The van der Waals surface area contributed by atoms with Crippen LogP contribution in [0.4, 0.5) is 0 Å². The summed E-state index contributed by atoms with van der Waals surface area (Å²) in [5.74, 6) is 0. The van der Waals surface area contributed by atoms with Crippen molar-refractivity contribution in [1.82, 2.24) is 0 Å². The molecule has 1 rings (SSSR count). The van der Waals surface area contributed by atoms with Crippen LogP contribution in [0.25, 0.3) is 0 Å². The van der Waals surface area contributed by atoms with E-state index in [2.05, 4.69) is 79.5 Å². The van der Waals surface area contributed by atoms with Crippen molar-refractivity contribution in [2.75, 3.05) is 0 Å². The second-order valence-electron chi connectivity index (χ2n) is 7.21. The third-order valence-electron chi connectivity index (χ3n) is 2.77. The molecule has 1 aromatic carbocycles. The van der Waals surface area contributed by atoms with Gasteiger partial charge in [0.15, 0.2) is 0 Å². The van der Waals surface area contributed by atoms with Crippen LogP contribution in [-0.4, -0.2) is 16.1 Å². The summed E-state index contributed by atoms with van der Waals surface area (Å²) in [4.78, 5) is 0. The Morgan fingerprint density at radius 1 is 0.941 bits per heavy atom. The van der Waals surface area contributed by atoms with Gasteiger partial charge in [-0.3, -0.25) is 0 Å². The molecule has 0 aromatic heterocycles. The van der Waals surface area contributed by atoms with Gasteiger partial charge in [-0.2, -0.15) is 0 Å². The Balaban J connectivity index is 2.82. The van der Waals surface area contributed by atoms with E-state index in [1.54, 1.807) is 0 Å². The van der Waals surface area contributed by atoms with Gasteiger partial charge in [0.25, 0.3) is 0 Å². The summed E-state index contributed by atoms with van der Waals surface area (Å²) in [6.45, 7) is 14.5. The maximum atomic E-state index is 3.86. The first-order valence-corrected chi connectivity index (χ1v) is 14.5. The van der Waals surface area contributed by atoms with E-state index in [1.807, 2.05) is 0 Å². The lowest BCUT2D eigenvalue weighted by molar-refractivity contribution is 1.25. The van der Waals surface area contributed by atoms with Gasteiger partial charge in [0.1, 0.15) is 0 Å². The predicted molar refractivity (Wildman–Crippen MR) is 88.5 cm³/mol. The van der Waals surface area contributed by atoms with Gasteiger partial charge in [-0.15, -0.1) is 0 Å². The van der Waals surface area contributed by atoms with Gasteiger partial charge in [0, 0.05) is 12.5 Å². The van der Waals surface area contributed by atoms with E-state index in [4.69, 9.17) is 0 Å². The molecule has 0 bridgehead atoms. The Labute approximate surface area is 117 Å². The van der Waals surface area contributed by atoms with Crippen molar-refractivity contribution in [1.29, 1.82) is 0 Å². The van der Waals surface area contributed by atoms with Crippen molar-refractivity contribution in [3.63, 3.8) is 0 Å².